The van der Waals surface area contributed by atoms with Crippen LogP contribution >= 0.6 is 0 Å². The molecule has 0 saturated heterocycles. The van der Waals surface area contributed by atoms with Gasteiger partial charge in [0, 0.05) is 37.1 Å². The van der Waals surface area contributed by atoms with Crippen molar-refractivity contribution in [3.8, 4) is 5.69 Å². The van der Waals surface area contributed by atoms with E-state index >= 15 is 0 Å². The van der Waals surface area contributed by atoms with Gasteiger partial charge in [-0.3, -0.25) is 14.9 Å². The van der Waals surface area contributed by atoms with Crippen LogP contribution in [-0.4, -0.2) is 38.4 Å². The molecule has 0 fully saturated rings. The summed E-state index contributed by atoms with van der Waals surface area (Å²) in [5.41, 5.74) is 0.611. The van der Waals surface area contributed by atoms with Crippen LogP contribution in [0, 0.1) is 10.1 Å². The van der Waals surface area contributed by atoms with Crippen molar-refractivity contribution in [2.45, 2.75) is 26.7 Å². The van der Waals surface area contributed by atoms with Gasteiger partial charge in [-0.1, -0.05) is 13.3 Å². The van der Waals surface area contributed by atoms with Crippen LogP contribution in [0.25, 0.3) is 5.69 Å². The highest BCUT2D eigenvalue weighted by Crippen LogP contribution is 2.25. The second kappa shape index (κ2) is 7.53. The number of benzene rings is 1. The summed E-state index contributed by atoms with van der Waals surface area (Å²) in [4.78, 5) is 29.0. The molecule has 0 radical (unpaired) electrons. The van der Waals surface area contributed by atoms with Gasteiger partial charge in [-0.2, -0.15) is 0 Å². The lowest BCUT2D eigenvalue weighted by Crippen LogP contribution is -2.31. The fourth-order valence-electron chi connectivity index (χ4n) is 2.36. The van der Waals surface area contributed by atoms with Crippen LogP contribution in [0.15, 0.2) is 36.9 Å². The van der Waals surface area contributed by atoms with Crippen LogP contribution in [0.2, 0.25) is 0 Å². The predicted octanol–water partition coefficient (Wildman–Crippen LogP) is 3.04. The van der Waals surface area contributed by atoms with Crippen LogP contribution in [-0.2, 0) is 0 Å². The van der Waals surface area contributed by atoms with E-state index in [-0.39, 0.29) is 11.6 Å². The minimum absolute atomic E-state index is 0.111. The Morgan fingerprint density at radius 3 is 2.74 bits per heavy atom. The molecule has 2 aromatic rings. The van der Waals surface area contributed by atoms with Crippen LogP contribution in [0.5, 0.6) is 0 Å². The Kier molecular flexibility index (Phi) is 5.46. The molecular formula is C16H20N4O3. The minimum Gasteiger partial charge on any atom is -0.339 e. The molecule has 1 amide bonds. The zero-order chi connectivity index (χ0) is 16.8. The van der Waals surface area contributed by atoms with Gasteiger partial charge in [-0.25, -0.2) is 4.98 Å². The molecular weight excluding hydrogens is 296 g/mol. The zero-order valence-corrected chi connectivity index (χ0v) is 13.3. The van der Waals surface area contributed by atoms with Crippen LogP contribution in [0.1, 0.15) is 37.0 Å². The molecule has 0 saturated carbocycles. The average molecular weight is 316 g/mol. The van der Waals surface area contributed by atoms with E-state index in [1.54, 1.807) is 34.0 Å². The van der Waals surface area contributed by atoms with E-state index in [2.05, 4.69) is 11.9 Å². The maximum absolute atomic E-state index is 12.5. The summed E-state index contributed by atoms with van der Waals surface area (Å²) in [7, 11) is 0. The molecule has 2 rings (SSSR count). The molecule has 0 bridgehead atoms. The fraction of sp³-hybridized carbons (Fsp3) is 0.375. The molecule has 1 aromatic carbocycles. The van der Waals surface area contributed by atoms with Crippen LogP contribution in [0.3, 0.4) is 0 Å². The third kappa shape index (κ3) is 3.74. The minimum atomic E-state index is -0.478. The van der Waals surface area contributed by atoms with Gasteiger partial charge in [0.05, 0.1) is 11.3 Å². The Bertz CT molecular complexity index is 683. The highest BCUT2D eigenvalue weighted by atomic mass is 16.6. The summed E-state index contributed by atoms with van der Waals surface area (Å²) in [6, 6.07) is 4.55. The maximum atomic E-state index is 12.5. The van der Waals surface area contributed by atoms with Crippen molar-refractivity contribution in [1.82, 2.24) is 14.5 Å². The van der Waals surface area contributed by atoms with Crippen molar-refractivity contribution < 1.29 is 9.72 Å². The van der Waals surface area contributed by atoms with Gasteiger partial charge in [-0.05, 0) is 25.5 Å². The lowest BCUT2D eigenvalue weighted by Gasteiger charge is -2.20. The Hall–Kier alpha value is -2.70. The van der Waals surface area contributed by atoms with Crippen molar-refractivity contribution in [3.63, 3.8) is 0 Å². The van der Waals surface area contributed by atoms with Crippen molar-refractivity contribution in [1.29, 1.82) is 0 Å². The maximum Gasteiger partial charge on any atom is 0.294 e. The molecule has 0 aliphatic rings. The molecule has 7 heteroatoms. The smallest absolute Gasteiger partial charge is 0.294 e. The first kappa shape index (κ1) is 16.7. The average Bonchev–Trinajstić information content (AvgIpc) is 3.09. The molecule has 0 spiro atoms. The number of imidazole rings is 1. The summed E-state index contributed by atoms with van der Waals surface area (Å²) in [6.07, 6.45) is 6.57. The number of nitro groups is 1. The molecule has 23 heavy (non-hydrogen) atoms. The number of hydrogen-bond acceptors (Lipinski definition) is 4. The van der Waals surface area contributed by atoms with E-state index in [1.165, 1.54) is 12.4 Å². The SMILES string of the molecule is CCCCN(CC)C(=O)c1ccc(-n2ccnc2)c([N+](=O)[O-])c1. The molecule has 0 aliphatic heterocycles. The van der Waals surface area contributed by atoms with Crippen molar-refractivity contribution in [3.05, 3.63) is 52.6 Å². The summed E-state index contributed by atoms with van der Waals surface area (Å²) in [5, 5.41) is 11.4. The highest BCUT2D eigenvalue weighted by Gasteiger charge is 2.21. The number of aromatic nitrogens is 2. The van der Waals surface area contributed by atoms with Gasteiger partial charge in [-0.15, -0.1) is 0 Å². The van der Waals surface area contributed by atoms with E-state index < -0.39 is 4.92 Å². The van der Waals surface area contributed by atoms with Crippen LogP contribution in [0.4, 0.5) is 5.69 Å². The van der Waals surface area contributed by atoms with Crippen molar-refractivity contribution in [2.75, 3.05) is 13.1 Å². The summed E-state index contributed by atoms with van der Waals surface area (Å²) < 4.78 is 1.56. The molecule has 0 N–H and O–H groups in total. The summed E-state index contributed by atoms with van der Waals surface area (Å²) in [6.45, 7) is 5.20. The van der Waals surface area contributed by atoms with Gasteiger partial charge < -0.3 is 9.47 Å². The lowest BCUT2D eigenvalue weighted by atomic mass is 10.1. The monoisotopic (exact) mass is 316 g/mol. The van der Waals surface area contributed by atoms with E-state index in [9.17, 15) is 14.9 Å². The number of amides is 1. The molecule has 122 valence electrons. The third-order valence-electron chi connectivity index (χ3n) is 3.65. The standard InChI is InChI=1S/C16H20N4O3/c1-3-5-9-18(4-2)16(21)13-6-7-14(15(11-13)20(22)23)19-10-8-17-12-19/h6-8,10-12H,3-5,9H2,1-2H3. The number of carbonyl (C=O) groups excluding carboxylic acids is 1. The molecule has 0 atom stereocenters. The van der Waals surface area contributed by atoms with Gasteiger partial charge in [0.15, 0.2) is 0 Å². The Labute approximate surface area is 134 Å². The quantitative estimate of drug-likeness (QED) is 0.581. The topological polar surface area (TPSA) is 81.3 Å². The molecule has 0 unspecified atom stereocenters. The largest absolute Gasteiger partial charge is 0.339 e. The molecule has 1 heterocycles. The first-order valence-electron chi connectivity index (χ1n) is 7.64. The van der Waals surface area contributed by atoms with E-state index in [0.717, 1.165) is 12.8 Å². The van der Waals surface area contributed by atoms with Crippen molar-refractivity contribution in [2.24, 2.45) is 0 Å². The predicted molar refractivity (Wildman–Crippen MR) is 86.7 cm³/mol. The second-order valence-electron chi connectivity index (χ2n) is 5.17. The van der Waals surface area contributed by atoms with Gasteiger partial charge in [0.1, 0.15) is 5.69 Å². The number of hydrogen-bond donors (Lipinski definition) is 0. The number of carbonyl (C=O) groups is 1. The Balaban J connectivity index is 2.35. The summed E-state index contributed by atoms with van der Waals surface area (Å²) in [5.74, 6) is -0.179. The second-order valence-corrected chi connectivity index (χ2v) is 5.17. The Morgan fingerprint density at radius 2 is 2.17 bits per heavy atom. The third-order valence-corrected chi connectivity index (χ3v) is 3.65. The first-order chi connectivity index (χ1) is 11.1. The van der Waals surface area contributed by atoms with Crippen molar-refractivity contribution >= 4 is 11.6 Å². The van der Waals surface area contributed by atoms with Crippen LogP contribution < -0.4 is 0 Å². The zero-order valence-electron chi connectivity index (χ0n) is 13.3. The highest BCUT2D eigenvalue weighted by molar-refractivity contribution is 5.95. The number of rotatable bonds is 7. The number of nitro benzene ring substituents is 1. The number of unbranched alkanes of at least 4 members (excludes halogenated alkanes) is 1. The van der Waals surface area contributed by atoms with Gasteiger partial charge >= 0.3 is 0 Å². The molecule has 1 aromatic heterocycles. The molecule has 0 aliphatic carbocycles. The summed E-state index contributed by atoms with van der Waals surface area (Å²) >= 11 is 0. The van der Waals surface area contributed by atoms with Gasteiger partial charge in [0.25, 0.3) is 11.6 Å². The number of nitrogens with zero attached hydrogens (tertiary/aromatic N) is 4. The fourth-order valence-corrected chi connectivity index (χ4v) is 2.36. The van der Waals surface area contributed by atoms with Gasteiger partial charge in [0.2, 0.25) is 0 Å². The lowest BCUT2D eigenvalue weighted by molar-refractivity contribution is -0.384. The normalized spacial score (nSPS) is 10.5. The Morgan fingerprint density at radius 1 is 1.39 bits per heavy atom. The first-order valence-corrected chi connectivity index (χ1v) is 7.64. The van der Waals surface area contributed by atoms with E-state index in [4.69, 9.17) is 0 Å². The van der Waals surface area contributed by atoms with E-state index in [0.29, 0.717) is 24.3 Å². The van der Waals surface area contributed by atoms with E-state index in [1.807, 2.05) is 6.92 Å². The molecule has 7 nitrogen and oxygen atoms in total.